The average Bonchev–Trinajstić information content (AvgIpc) is 2.23. The lowest BCUT2D eigenvalue weighted by Gasteiger charge is -2.20. The summed E-state index contributed by atoms with van der Waals surface area (Å²) in [6.07, 6.45) is 1.01. The fourth-order valence-electron chi connectivity index (χ4n) is 1.26. The molecular weight excluding hydrogens is 355 g/mol. The first-order valence-corrected chi connectivity index (χ1v) is 6.64. The Kier molecular flexibility index (Phi) is 11.2. The van der Waals surface area contributed by atoms with E-state index in [1.807, 2.05) is 27.7 Å². The number of halogens is 1. The maximum absolute atomic E-state index is 11.6. The smallest absolute Gasteiger partial charge is 0.242 e. The molecule has 5 nitrogen and oxygen atoms in total. The van der Waals surface area contributed by atoms with E-state index in [1.54, 1.807) is 0 Å². The molecule has 0 bridgehead atoms. The molecule has 0 aromatic heterocycles. The Morgan fingerprint density at radius 2 is 1.84 bits per heavy atom. The standard InChI is InChI=1S/C13H28N4O.HI/c1-7-10(3)16-12(14-8-2)15-9-11(18)17-13(4,5)6;/h10H,7-9H2,1-6H3,(H,17,18)(H2,14,15,16);1H. The molecule has 0 saturated carbocycles. The summed E-state index contributed by atoms with van der Waals surface area (Å²) in [7, 11) is 0. The number of carbonyl (C=O) groups is 1. The van der Waals surface area contributed by atoms with Crippen LogP contribution >= 0.6 is 24.0 Å². The van der Waals surface area contributed by atoms with Gasteiger partial charge in [0.1, 0.15) is 6.54 Å². The number of nitrogens with zero attached hydrogens (tertiary/aromatic N) is 1. The van der Waals surface area contributed by atoms with Crippen molar-refractivity contribution in [1.29, 1.82) is 0 Å². The summed E-state index contributed by atoms with van der Waals surface area (Å²) in [5, 5.41) is 9.25. The van der Waals surface area contributed by atoms with Crippen molar-refractivity contribution in [3.63, 3.8) is 0 Å². The van der Waals surface area contributed by atoms with Gasteiger partial charge in [0.25, 0.3) is 0 Å². The van der Waals surface area contributed by atoms with Crippen LogP contribution in [0, 0.1) is 0 Å². The minimum Gasteiger partial charge on any atom is -0.357 e. The second-order valence-corrected chi connectivity index (χ2v) is 5.45. The van der Waals surface area contributed by atoms with Gasteiger partial charge < -0.3 is 16.0 Å². The Labute approximate surface area is 134 Å². The number of aliphatic imine (C=N–C) groups is 1. The lowest BCUT2D eigenvalue weighted by atomic mass is 10.1. The number of hydrogen-bond donors (Lipinski definition) is 3. The van der Waals surface area contributed by atoms with E-state index in [0.717, 1.165) is 13.0 Å². The van der Waals surface area contributed by atoms with Gasteiger partial charge in [0.05, 0.1) is 0 Å². The van der Waals surface area contributed by atoms with Crippen molar-refractivity contribution in [2.45, 2.75) is 59.5 Å². The highest BCUT2D eigenvalue weighted by molar-refractivity contribution is 14.0. The molecule has 0 saturated heterocycles. The topological polar surface area (TPSA) is 65.5 Å². The van der Waals surface area contributed by atoms with E-state index in [1.165, 1.54) is 0 Å². The highest BCUT2D eigenvalue weighted by atomic mass is 127. The van der Waals surface area contributed by atoms with Gasteiger partial charge in [-0.25, -0.2) is 4.99 Å². The summed E-state index contributed by atoms with van der Waals surface area (Å²) >= 11 is 0. The number of hydrogen-bond acceptors (Lipinski definition) is 2. The fourth-order valence-corrected chi connectivity index (χ4v) is 1.26. The maximum atomic E-state index is 11.6. The molecule has 0 radical (unpaired) electrons. The maximum Gasteiger partial charge on any atom is 0.242 e. The minimum absolute atomic E-state index is 0. The molecule has 1 atom stereocenters. The van der Waals surface area contributed by atoms with Crippen molar-refractivity contribution in [3.05, 3.63) is 0 Å². The number of guanidine groups is 1. The average molecular weight is 384 g/mol. The zero-order valence-electron chi connectivity index (χ0n) is 13.0. The van der Waals surface area contributed by atoms with Crippen LogP contribution in [0.4, 0.5) is 0 Å². The highest BCUT2D eigenvalue weighted by Gasteiger charge is 2.13. The molecule has 114 valence electrons. The molecule has 3 N–H and O–H groups in total. The fraction of sp³-hybridized carbons (Fsp3) is 0.846. The van der Waals surface area contributed by atoms with E-state index >= 15 is 0 Å². The largest absolute Gasteiger partial charge is 0.357 e. The SMILES string of the molecule is CCNC(=NCC(=O)NC(C)(C)C)NC(C)CC.I. The molecule has 0 fully saturated rings. The molecule has 0 rings (SSSR count). The second-order valence-electron chi connectivity index (χ2n) is 5.45. The van der Waals surface area contributed by atoms with Crippen molar-refractivity contribution in [3.8, 4) is 0 Å². The first kappa shape index (κ1) is 20.8. The molecule has 6 heteroatoms. The summed E-state index contributed by atoms with van der Waals surface area (Å²) in [5.41, 5.74) is -0.213. The second kappa shape index (κ2) is 10.3. The van der Waals surface area contributed by atoms with Gasteiger partial charge >= 0.3 is 0 Å². The van der Waals surface area contributed by atoms with Gasteiger partial charge in [0, 0.05) is 18.1 Å². The zero-order chi connectivity index (χ0) is 14.2. The van der Waals surface area contributed by atoms with Crippen LogP contribution in [-0.2, 0) is 4.79 Å². The van der Waals surface area contributed by atoms with Gasteiger partial charge in [-0.3, -0.25) is 4.79 Å². The molecule has 0 heterocycles. The molecule has 0 aromatic rings. The van der Waals surface area contributed by atoms with Crippen LogP contribution in [0.2, 0.25) is 0 Å². The molecule has 19 heavy (non-hydrogen) atoms. The number of rotatable bonds is 5. The van der Waals surface area contributed by atoms with Crippen molar-refractivity contribution in [1.82, 2.24) is 16.0 Å². The monoisotopic (exact) mass is 384 g/mol. The molecular formula is C13H29IN4O. The van der Waals surface area contributed by atoms with E-state index in [9.17, 15) is 4.79 Å². The molecule has 1 unspecified atom stereocenters. The van der Waals surface area contributed by atoms with E-state index in [2.05, 4.69) is 34.8 Å². The summed E-state index contributed by atoms with van der Waals surface area (Å²) in [6.45, 7) is 13.0. The summed E-state index contributed by atoms with van der Waals surface area (Å²) in [6, 6.07) is 0.341. The van der Waals surface area contributed by atoms with Gasteiger partial charge in [0.2, 0.25) is 5.91 Å². The van der Waals surface area contributed by atoms with Gasteiger partial charge in [-0.05, 0) is 41.0 Å². The summed E-state index contributed by atoms with van der Waals surface area (Å²) in [4.78, 5) is 15.9. The van der Waals surface area contributed by atoms with Gasteiger partial charge in [-0.15, -0.1) is 24.0 Å². The third-order valence-corrected chi connectivity index (χ3v) is 2.23. The predicted octanol–water partition coefficient (Wildman–Crippen LogP) is 1.87. The third-order valence-electron chi connectivity index (χ3n) is 2.23. The Bertz CT molecular complexity index is 287. The van der Waals surface area contributed by atoms with E-state index < -0.39 is 0 Å². The first-order valence-electron chi connectivity index (χ1n) is 6.64. The normalized spacial score (nSPS) is 13.3. The van der Waals surface area contributed by atoms with Crippen LogP contribution in [-0.4, -0.2) is 36.5 Å². The quantitative estimate of drug-likeness (QED) is 0.385. The van der Waals surface area contributed by atoms with Crippen LogP contribution in [0.3, 0.4) is 0 Å². The first-order chi connectivity index (χ1) is 8.28. The van der Waals surface area contributed by atoms with Gasteiger partial charge in [-0.2, -0.15) is 0 Å². The number of nitrogens with one attached hydrogen (secondary N) is 3. The Morgan fingerprint density at radius 3 is 2.26 bits per heavy atom. The van der Waals surface area contributed by atoms with Crippen LogP contribution < -0.4 is 16.0 Å². The summed E-state index contributed by atoms with van der Waals surface area (Å²) < 4.78 is 0. The van der Waals surface area contributed by atoms with Crippen molar-refractivity contribution in [2.75, 3.05) is 13.1 Å². The number of amides is 1. The molecule has 0 aliphatic heterocycles. The van der Waals surface area contributed by atoms with Gasteiger partial charge in [-0.1, -0.05) is 6.92 Å². The Morgan fingerprint density at radius 1 is 1.26 bits per heavy atom. The lowest BCUT2D eigenvalue weighted by Crippen LogP contribution is -2.44. The van der Waals surface area contributed by atoms with Crippen molar-refractivity contribution in [2.24, 2.45) is 4.99 Å². The Hall–Kier alpha value is -0.530. The molecule has 0 spiro atoms. The van der Waals surface area contributed by atoms with Gasteiger partial charge in [0.15, 0.2) is 5.96 Å². The molecule has 0 aromatic carbocycles. The number of carbonyl (C=O) groups excluding carboxylic acids is 1. The summed E-state index contributed by atoms with van der Waals surface area (Å²) in [5.74, 6) is 0.625. The van der Waals surface area contributed by atoms with E-state index in [4.69, 9.17) is 0 Å². The third kappa shape index (κ3) is 12.3. The van der Waals surface area contributed by atoms with Crippen molar-refractivity contribution < 1.29 is 4.79 Å². The van der Waals surface area contributed by atoms with Crippen LogP contribution in [0.1, 0.15) is 48.0 Å². The molecule has 0 aliphatic carbocycles. The lowest BCUT2D eigenvalue weighted by molar-refractivity contribution is -0.121. The van der Waals surface area contributed by atoms with Crippen LogP contribution in [0.25, 0.3) is 0 Å². The van der Waals surface area contributed by atoms with Crippen LogP contribution in [0.15, 0.2) is 4.99 Å². The minimum atomic E-state index is -0.213. The predicted molar refractivity (Wildman–Crippen MR) is 92.2 cm³/mol. The zero-order valence-corrected chi connectivity index (χ0v) is 15.3. The Balaban J connectivity index is 0. The highest BCUT2D eigenvalue weighted by Crippen LogP contribution is 1.97. The molecule has 0 aliphatic rings. The van der Waals surface area contributed by atoms with E-state index in [0.29, 0.717) is 12.0 Å². The van der Waals surface area contributed by atoms with Crippen LogP contribution in [0.5, 0.6) is 0 Å². The molecule has 1 amide bonds. The van der Waals surface area contributed by atoms with Crippen molar-refractivity contribution >= 4 is 35.8 Å². The van der Waals surface area contributed by atoms with E-state index in [-0.39, 0.29) is 42.0 Å².